The number of phosphoric ester groups is 1. The SMILES string of the molecule is CCCCC/C=C/C/C=C/C/C=C/C/C=C/CCCC(=O)O[C@H](COC(=O)CCCCCCCCCCC)COP(=O)(O)OC[C@@H](O)CO. The minimum absolute atomic E-state index is 0.108. The number of esters is 2. The van der Waals surface area contributed by atoms with Crippen LogP contribution in [0.25, 0.3) is 0 Å². The van der Waals surface area contributed by atoms with Gasteiger partial charge in [0.05, 0.1) is 19.8 Å². The predicted molar refractivity (Wildman–Crippen MR) is 196 cm³/mol. The Morgan fingerprint density at radius 2 is 1.08 bits per heavy atom. The molecule has 49 heavy (non-hydrogen) atoms. The number of carbonyl (C=O) groups excluding carboxylic acids is 2. The number of hydrogen-bond donors (Lipinski definition) is 3. The number of allylic oxidation sites excluding steroid dienone is 8. The van der Waals surface area contributed by atoms with Crippen LogP contribution in [0.15, 0.2) is 48.6 Å². The van der Waals surface area contributed by atoms with Crippen LogP contribution in [0.4, 0.5) is 0 Å². The second-order valence-corrected chi connectivity index (χ2v) is 13.7. The van der Waals surface area contributed by atoms with Crippen LogP contribution in [-0.4, -0.2) is 65.7 Å². The third kappa shape index (κ3) is 34.2. The number of aliphatic hydroxyl groups excluding tert-OH is 2. The maximum atomic E-state index is 12.5. The van der Waals surface area contributed by atoms with E-state index in [1.54, 1.807) is 0 Å². The number of rotatable bonds is 34. The predicted octanol–water partition coefficient (Wildman–Crippen LogP) is 8.99. The third-order valence-electron chi connectivity index (χ3n) is 7.49. The number of aliphatic hydroxyl groups is 2. The molecule has 11 heteroatoms. The Morgan fingerprint density at radius 1 is 0.612 bits per heavy atom. The molecule has 0 spiro atoms. The van der Waals surface area contributed by atoms with Gasteiger partial charge in [-0.05, 0) is 51.4 Å². The molecular formula is C38H67O10P. The molecule has 0 amide bonds. The van der Waals surface area contributed by atoms with Gasteiger partial charge < -0.3 is 24.6 Å². The van der Waals surface area contributed by atoms with Crippen molar-refractivity contribution in [2.75, 3.05) is 26.4 Å². The minimum Gasteiger partial charge on any atom is -0.462 e. The molecule has 0 fully saturated rings. The van der Waals surface area contributed by atoms with E-state index >= 15 is 0 Å². The molecule has 3 N–H and O–H groups in total. The Hall–Kier alpha value is -2.07. The maximum absolute atomic E-state index is 12.5. The van der Waals surface area contributed by atoms with Gasteiger partial charge in [0.15, 0.2) is 6.10 Å². The molecule has 0 aliphatic rings. The van der Waals surface area contributed by atoms with E-state index in [0.717, 1.165) is 44.9 Å². The average Bonchev–Trinajstić information content (AvgIpc) is 3.09. The molecule has 0 heterocycles. The number of carbonyl (C=O) groups is 2. The summed E-state index contributed by atoms with van der Waals surface area (Å²) in [5, 5.41) is 18.2. The smallest absolute Gasteiger partial charge is 0.462 e. The fourth-order valence-corrected chi connectivity index (χ4v) is 5.36. The van der Waals surface area contributed by atoms with E-state index in [4.69, 9.17) is 19.1 Å². The molecule has 284 valence electrons. The van der Waals surface area contributed by atoms with Gasteiger partial charge in [0, 0.05) is 12.8 Å². The van der Waals surface area contributed by atoms with E-state index in [1.165, 1.54) is 51.4 Å². The van der Waals surface area contributed by atoms with Gasteiger partial charge in [-0.25, -0.2) is 4.57 Å². The van der Waals surface area contributed by atoms with Crippen LogP contribution in [0.1, 0.15) is 142 Å². The van der Waals surface area contributed by atoms with Gasteiger partial charge in [0.1, 0.15) is 12.7 Å². The van der Waals surface area contributed by atoms with Crippen molar-refractivity contribution in [1.29, 1.82) is 0 Å². The summed E-state index contributed by atoms with van der Waals surface area (Å²) in [4.78, 5) is 34.7. The molecular weight excluding hydrogens is 647 g/mol. The second kappa shape index (κ2) is 34.4. The number of ether oxygens (including phenoxy) is 2. The number of phosphoric acid groups is 1. The monoisotopic (exact) mass is 714 g/mol. The standard InChI is InChI=1S/C38H67O10P/c1-3-5-7-9-11-13-14-15-16-17-18-19-20-22-24-26-28-30-38(42)48-36(34-47-49(43,44)46-32-35(40)31-39)33-45-37(41)29-27-25-23-21-12-10-8-6-4-2/h11,13,15-16,18-19,22,24,35-36,39-40H,3-10,12,14,17,20-21,23,25-34H2,1-2H3,(H,43,44)/b13-11+,16-15+,19-18+,24-22+/t35-,36+/m0/s1. The average molecular weight is 715 g/mol. The largest absolute Gasteiger partial charge is 0.472 e. The zero-order valence-corrected chi connectivity index (χ0v) is 31.3. The topological polar surface area (TPSA) is 149 Å². The summed E-state index contributed by atoms with van der Waals surface area (Å²) in [6.45, 7) is 2.23. The van der Waals surface area contributed by atoms with E-state index in [1.807, 2.05) is 12.2 Å². The van der Waals surface area contributed by atoms with Crippen LogP contribution in [0.5, 0.6) is 0 Å². The van der Waals surface area contributed by atoms with Gasteiger partial charge in [0.25, 0.3) is 0 Å². The zero-order chi connectivity index (χ0) is 36.3. The number of unbranched alkanes of at least 4 members (excludes halogenated alkanes) is 12. The normalized spacial score (nSPS) is 14.6. The fraction of sp³-hybridized carbons (Fsp3) is 0.737. The molecule has 0 aliphatic heterocycles. The molecule has 0 aliphatic carbocycles. The van der Waals surface area contributed by atoms with Gasteiger partial charge in [-0.1, -0.05) is 127 Å². The van der Waals surface area contributed by atoms with Crippen LogP contribution in [0.2, 0.25) is 0 Å². The maximum Gasteiger partial charge on any atom is 0.472 e. The van der Waals surface area contributed by atoms with Crippen LogP contribution >= 0.6 is 7.82 Å². The Balaban J connectivity index is 4.49. The molecule has 3 atom stereocenters. The van der Waals surface area contributed by atoms with Gasteiger partial charge in [0.2, 0.25) is 0 Å². The highest BCUT2D eigenvalue weighted by molar-refractivity contribution is 7.47. The highest BCUT2D eigenvalue weighted by Gasteiger charge is 2.27. The summed E-state index contributed by atoms with van der Waals surface area (Å²) >= 11 is 0. The Bertz CT molecular complexity index is 962. The van der Waals surface area contributed by atoms with E-state index < -0.39 is 51.8 Å². The molecule has 0 bridgehead atoms. The molecule has 0 rings (SSSR count). The lowest BCUT2D eigenvalue weighted by Gasteiger charge is -2.20. The van der Waals surface area contributed by atoms with E-state index in [9.17, 15) is 24.2 Å². The van der Waals surface area contributed by atoms with Gasteiger partial charge in [-0.15, -0.1) is 0 Å². The lowest BCUT2D eigenvalue weighted by Crippen LogP contribution is -2.29. The quantitative estimate of drug-likeness (QED) is 0.0255. The lowest BCUT2D eigenvalue weighted by atomic mass is 10.1. The summed E-state index contributed by atoms with van der Waals surface area (Å²) in [6.07, 6.45) is 33.8. The van der Waals surface area contributed by atoms with Crippen molar-refractivity contribution in [3.05, 3.63) is 48.6 Å². The lowest BCUT2D eigenvalue weighted by molar-refractivity contribution is -0.161. The summed E-state index contributed by atoms with van der Waals surface area (Å²) < 4.78 is 32.4. The molecule has 0 saturated carbocycles. The van der Waals surface area contributed by atoms with Crippen LogP contribution in [0.3, 0.4) is 0 Å². The van der Waals surface area contributed by atoms with Gasteiger partial charge in [-0.2, -0.15) is 0 Å². The molecule has 0 aromatic heterocycles. The van der Waals surface area contributed by atoms with Crippen LogP contribution < -0.4 is 0 Å². The van der Waals surface area contributed by atoms with Crippen LogP contribution in [0, 0.1) is 0 Å². The minimum atomic E-state index is -4.62. The van der Waals surface area contributed by atoms with Crippen molar-refractivity contribution in [2.24, 2.45) is 0 Å². The molecule has 0 aromatic carbocycles. The summed E-state index contributed by atoms with van der Waals surface area (Å²) in [5.41, 5.74) is 0. The zero-order valence-electron chi connectivity index (χ0n) is 30.4. The Morgan fingerprint density at radius 3 is 1.65 bits per heavy atom. The van der Waals surface area contributed by atoms with E-state index in [-0.39, 0.29) is 19.4 Å². The van der Waals surface area contributed by atoms with Gasteiger partial charge in [-0.3, -0.25) is 18.6 Å². The first-order valence-electron chi connectivity index (χ1n) is 18.6. The molecule has 0 radical (unpaired) electrons. The first-order valence-corrected chi connectivity index (χ1v) is 20.1. The van der Waals surface area contributed by atoms with Gasteiger partial charge >= 0.3 is 19.8 Å². The Labute approximate surface area is 296 Å². The Kier molecular flexibility index (Phi) is 32.9. The second-order valence-electron chi connectivity index (χ2n) is 12.3. The van der Waals surface area contributed by atoms with Crippen molar-refractivity contribution in [3.8, 4) is 0 Å². The molecule has 0 saturated heterocycles. The summed E-state index contributed by atoms with van der Waals surface area (Å²) in [5.74, 6) is -0.997. The summed E-state index contributed by atoms with van der Waals surface area (Å²) in [6, 6.07) is 0. The summed E-state index contributed by atoms with van der Waals surface area (Å²) in [7, 11) is -4.62. The highest BCUT2D eigenvalue weighted by atomic mass is 31.2. The first-order chi connectivity index (χ1) is 23.7. The molecule has 10 nitrogen and oxygen atoms in total. The van der Waals surface area contributed by atoms with Crippen molar-refractivity contribution in [3.63, 3.8) is 0 Å². The van der Waals surface area contributed by atoms with Crippen molar-refractivity contribution < 1.29 is 47.8 Å². The number of hydrogen-bond acceptors (Lipinski definition) is 9. The molecule has 1 unspecified atom stereocenters. The van der Waals surface area contributed by atoms with Crippen molar-refractivity contribution >= 4 is 19.8 Å². The highest BCUT2D eigenvalue weighted by Crippen LogP contribution is 2.43. The van der Waals surface area contributed by atoms with Crippen molar-refractivity contribution in [2.45, 2.75) is 154 Å². The van der Waals surface area contributed by atoms with E-state index in [0.29, 0.717) is 19.3 Å². The van der Waals surface area contributed by atoms with Crippen molar-refractivity contribution in [1.82, 2.24) is 0 Å². The van der Waals surface area contributed by atoms with Crippen LogP contribution in [-0.2, 0) is 32.7 Å². The third-order valence-corrected chi connectivity index (χ3v) is 8.44. The first kappa shape index (κ1) is 46.9. The fourth-order valence-electron chi connectivity index (χ4n) is 4.57. The van der Waals surface area contributed by atoms with E-state index in [2.05, 4.69) is 54.8 Å². The molecule has 0 aromatic rings.